The van der Waals surface area contributed by atoms with Crippen molar-refractivity contribution in [1.82, 2.24) is 19.0 Å². The Morgan fingerprint density at radius 1 is 1.35 bits per heavy atom. The number of hydrogen-bond acceptors (Lipinski definition) is 3. The Labute approximate surface area is 147 Å². The smallest absolute Gasteiger partial charge is 0.340 e. The third-order valence-corrected chi connectivity index (χ3v) is 4.61. The second kappa shape index (κ2) is 6.97. The molecule has 0 unspecified atom stereocenters. The van der Waals surface area contributed by atoms with Gasteiger partial charge in [-0.25, -0.2) is 4.98 Å². The third kappa shape index (κ3) is 3.81. The highest BCUT2D eigenvalue weighted by Gasteiger charge is 2.32. The van der Waals surface area contributed by atoms with Gasteiger partial charge in [0.05, 0.1) is 5.56 Å². The molecule has 0 aromatic carbocycles. The van der Waals surface area contributed by atoms with Crippen LogP contribution >= 0.6 is 0 Å². The third-order valence-electron chi connectivity index (χ3n) is 4.61. The summed E-state index contributed by atoms with van der Waals surface area (Å²) in [5, 5.41) is 0. The van der Waals surface area contributed by atoms with Crippen molar-refractivity contribution >= 4 is 5.91 Å². The van der Waals surface area contributed by atoms with Gasteiger partial charge in [-0.2, -0.15) is 13.2 Å². The molecule has 0 radical (unpaired) electrons. The number of aryl methyl sites for hydroxylation is 1. The van der Waals surface area contributed by atoms with Gasteiger partial charge in [0, 0.05) is 50.7 Å². The second-order valence-electron chi connectivity index (χ2n) is 6.46. The van der Waals surface area contributed by atoms with Crippen LogP contribution in [-0.4, -0.2) is 38.0 Å². The van der Waals surface area contributed by atoms with E-state index >= 15 is 0 Å². The highest BCUT2D eigenvalue weighted by molar-refractivity contribution is 5.76. The Morgan fingerprint density at radius 2 is 2.12 bits per heavy atom. The molecule has 0 bridgehead atoms. The average Bonchev–Trinajstić information content (AvgIpc) is 3.02. The van der Waals surface area contributed by atoms with Crippen LogP contribution in [0.4, 0.5) is 13.2 Å². The first-order valence-electron chi connectivity index (χ1n) is 8.28. The lowest BCUT2D eigenvalue weighted by Gasteiger charge is -2.32. The number of halogens is 3. The van der Waals surface area contributed by atoms with Crippen LogP contribution < -0.4 is 5.56 Å². The zero-order valence-electron chi connectivity index (χ0n) is 14.2. The zero-order valence-corrected chi connectivity index (χ0v) is 14.2. The number of likely N-dealkylation sites (tertiary alicyclic amines) is 1. The molecule has 1 atom stereocenters. The van der Waals surface area contributed by atoms with Crippen LogP contribution in [0.25, 0.3) is 0 Å². The number of carbonyl (C=O) groups is 1. The van der Waals surface area contributed by atoms with Gasteiger partial charge in [-0.15, -0.1) is 0 Å². The van der Waals surface area contributed by atoms with Crippen LogP contribution in [0.2, 0.25) is 0 Å². The van der Waals surface area contributed by atoms with Gasteiger partial charge in [0.1, 0.15) is 12.4 Å². The molecular formula is C17H19F3N4O2. The van der Waals surface area contributed by atoms with Crippen LogP contribution in [0.15, 0.2) is 35.5 Å². The summed E-state index contributed by atoms with van der Waals surface area (Å²) in [6, 6.07) is 1.56. The number of hydrogen-bond donors (Lipinski definition) is 0. The number of imidazole rings is 1. The zero-order chi connectivity index (χ0) is 18.9. The first kappa shape index (κ1) is 18.2. The Bertz CT molecular complexity index is 856. The number of piperidine rings is 1. The minimum atomic E-state index is -4.56. The largest absolute Gasteiger partial charge is 0.417 e. The fourth-order valence-corrected chi connectivity index (χ4v) is 3.25. The van der Waals surface area contributed by atoms with Crippen LogP contribution in [-0.2, 0) is 24.6 Å². The molecule has 1 saturated heterocycles. The van der Waals surface area contributed by atoms with E-state index in [0.29, 0.717) is 19.3 Å². The van der Waals surface area contributed by atoms with Crippen molar-refractivity contribution in [2.75, 3.05) is 13.1 Å². The number of rotatable bonds is 3. The fraction of sp³-hybridized carbons (Fsp3) is 0.471. The lowest BCUT2D eigenvalue weighted by Crippen LogP contribution is -2.42. The molecule has 2 aromatic rings. The van der Waals surface area contributed by atoms with Gasteiger partial charge in [0.2, 0.25) is 5.91 Å². The SMILES string of the molecule is Cn1ccnc1[C@@H]1CCCN(C(=O)Cn2cc(C(F)(F)F)ccc2=O)C1. The fourth-order valence-electron chi connectivity index (χ4n) is 3.25. The van der Waals surface area contributed by atoms with E-state index in [1.165, 1.54) is 0 Å². The Kier molecular flexibility index (Phi) is 4.88. The number of aromatic nitrogens is 3. The van der Waals surface area contributed by atoms with Crippen molar-refractivity contribution in [3.8, 4) is 0 Å². The van der Waals surface area contributed by atoms with Crippen molar-refractivity contribution in [2.45, 2.75) is 31.5 Å². The minimum absolute atomic E-state index is 0.0749. The molecule has 1 amide bonds. The molecule has 3 heterocycles. The molecule has 26 heavy (non-hydrogen) atoms. The van der Waals surface area contributed by atoms with Gasteiger partial charge in [0.25, 0.3) is 5.56 Å². The summed E-state index contributed by atoms with van der Waals surface area (Å²) < 4.78 is 41.2. The molecule has 9 heteroatoms. The monoisotopic (exact) mass is 368 g/mol. The number of amides is 1. The van der Waals surface area contributed by atoms with E-state index in [0.717, 1.165) is 35.4 Å². The molecule has 0 aliphatic carbocycles. The van der Waals surface area contributed by atoms with Gasteiger partial charge < -0.3 is 14.0 Å². The summed E-state index contributed by atoms with van der Waals surface area (Å²) in [5.74, 6) is 0.579. The van der Waals surface area contributed by atoms with Crippen molar-refractivity contribution in [3.63, 3.8) is 0 Å². The summed E-state index contributed by atoms with van der Waals surface area (Å²) in [7, 11) is 1.88. The van der Waals surface area contributed by atoms with E-state index in [9.17, 15) is 22.8 Å². The summed E-state index contributed by atoms with van der Waals surface area (Å²) in [6.45, 7) is 0.556. The maximum absolute atomic E-state index is 12.8. The number of pyridine rings is 1. The molecule has 0 saturated carbocycles. The standard InChI is InChI=1S/C17H19F3N4O2/c1-22-8-6-21-16(22)12-3-2-7-23(9-12)15(26)11-24-10-13(17(18,19)20)4-5-14(24)25/h4-6,8,10,12H,2-3,7,9,11H2,1H3/t12-/m1/s1. The minimum Gasteiger partial charge on any atom is -0.340 e. The molecule has 1 aliphatic heterocycles. The molecule has 0 N–H and O–H groups in total. The van der Waals surface area contributed by atoms with Crippen molar-refractivity contribution < 1.29 is 18.0 Å². The van der Waals surface area contributed by atoms with Crippen LogP contribution in [0.3, 0.4) is 0 Å². The number of carbonyl (C=O) groups excluding carboxylic acids is 1. The number of alkyl halides is 3. The highest BCUT2D eigenvalue weighted by Crippen LogP contribution is 2.28. The van der Waals surface area contributed by atoms with Gasteiger partial charge in [-0.1, -0.05) is 0 Å². The van der Waals surface area contributed by atoms with E-state index in [1.807, 2.05) is 17.8 Å². The van der Waals surface area contributed by atoms with Crippen LogP contribution in [0, 0.1) is 0 Å². The van der Waals surface area contributed by atoms with Crippen molar-refractivity contribution in [3.05, 3.63) is 52.5 Å². The molecular weight excluding hydrogens is 349 g/mol. The first-order chi connectivity index (χ1) is 12.3. The molecule has 6 nitrogen and oxygen atoms in total. The summed E-state index contributed by atoms with van der Waals surface area (Å²) >= 11 is 0. The summed E-state index contributed by atoms with van der Waals surface area (Å²) in [5.41, 5.74) is -1.58. The lowest BCUT2D eigenvalue weighted by molar-refractivity contribution is -0.139. The Balaban J connectivity index is 1.74. The Hall–Kier alpha value is -2.58. The van der Waals surface area contributed by atoms with E-state index in [1.54, 1.807) is 11.1 Å². The van der Waals surface area contributed by atoms with Gasteiger partial charge >= 0.3 is 6.18 Å². The maximum atomic E-state index is 12.8. The van der Waals surface area contributed by atoms with Crippen molar-refractivity contribution in [1.29, 1.82) is 0 Å². The topological polar surface area (TPSA) is 60.1 Å². The van der Waals surface area contributed by atoms with Crippen LogP contribution in [0.1, 0.15) is 30.1 Å². The summed E-state index contributed by atoms with van der Waals surface area (Å²) in [6.07, 6.45) is 1.32. The molecule has 1 aliphatic rings. The maximum Gasteiger partial charge on any atom is 0.417 e. The molecule has 2 aromatic heterocycles. The van der Waals surface area contributed by atoms with E-state index in [-0.39, 0.29) is 11.8 Å². The predicted octanol–water partition coefficient (Wildman–Crippen LogP) is 2.01. The first-order valence-corrected chi connectivity index (χ1v) is 8.28. The molecule has 1 fully saturated rings. The molecule has 3 rings (SSSR count). The quantitative estimate of drug-likeness (QED) is 0.833. The number of nitrogens with zero attached hydrogens (tertiary/aromatic N) is 4. The van der Waals surface area contributed by atoms with Gasteiger partial charge in [-0.3, -0.25) is 9.59 Å². The van der Waals surface area contributed by atoms with E-state index in [2.05, 4.69) is 4.98 Å². The predicted molar refractivity (Wildman–Crippen MR) is 87.5 cm³/mol. The van der Waals surface area contributed by atoms with Crippen LogP contribution in [0.5, 0.6) is 0 Å². The van der Waals surface area contributed by atoms with Gasteiger partial charge in [0.15, 0.2) is 0 Å². The lowest BCUT2D eigenvalue weighted by atomic mass is 9.97. The van der Waals surface area contributed by atoms with E-state index < -0.39 is 23.8 Å². The molecule has 0 spiro atoms. The van der Waals surface area contributed by atoms with Crippen molar-refractivity contribution in [2.24, 2.45) is 7.05 Å². The second-order valence-corrected chi connectivity index (χ2v) is 6.46. The summed E-state index contributed by atoms with van der Waals surface area (Å²) in [4.78, 5) is 30.3. The Morgan fingerprint density at radius 3 is 2.77 bits per heavy atom. The normalized spacial score (nSPS) is 18.2. The molecule has 140 valence electrons. The highest BCUT2D eigenvalue weighted by atomic mass is 19.4. The van der Waals surface area contributed by atoms with E-state index in [4.69, 9.17) is 0 Å². The average molecular weight is 368 g/mol. The van der Waals surface area contributed by atoms with Gasteiger partial charge in [-0.05, 0) is 18.9 Å².